The number of hydrogen-bond acceptors (Lipinski definition) is 7. The van der Waals surface area contributed by atoms with Gasteiger partial charge in [0, 0.05) is 26.3 Å². The highest BCUT2D eigenvalue weighted by molar-refractivity contribution is 7.89. The van der Waals surface area contributed by atoms with Gasteiger partial charge in [0.1, 0.15) is 0 Å². The number of halogens is 1. The number of aryl methyl sites for hydroxylation is 1. The Morgan fingerprint density at radius 1 is 1.20 bits per heavy atom. The highest BCUT2D eigenvalue weighted by Crippen LogP contribution is 2.33. The summed E-state index contributed by atoms with van der Waals surface area (Å²) in [6.45, 7) is -0.198. The fourth-order valence-corrected chi connectivity index (χ4v) is 5.05. The van der Waals surface area contributed by atoms with Crippen LogP contribution in [0.2, 0.25) is 5.02 Å². The summed E-state index contributed by atoms with van der Waals surface area (Å²) in [5.74, 6) is 0.240. The third-order valence-corrected chi connectivity index (χ3v) is 7.03. The van der Waals surface area contributed by atoms with Crippen molar-refractivity contribution in [2.75, 3.05) is 0 Å². The number of aromatic nitrogens is 4. The van der Waals surface area contributed by atoms with Crippen LogP contribution in [0.25, 0.3) is 11.5 Å². The zero-order valence-electron chi connectivity index (χ0n) is 16.1. The number of sulfonamides is 1. The van der Waals surface area contributed by atoms with Crippen molar-refractivity contribution < 1.29 is 12.8 Å². The quantitative estimate of drug-likeness (QED) is 0.551. The molecule has 2 heterocycles. The molecule has 0 N–H and O–H groups in total. The van der Waals surface area contributed by atoms with E-state index in [9.17, 15) is 18.0 Å². The fourth-order valence-electron chi connectivity index (χ4n) is 3.05. The largest absolute Gasteiger partial charge is 0.419 e. The Hall–Kier alpha value is -2.76. The molecule has 4 rings (SSSR count). The smallest absolute Gasteiger partial charge is 0.330 e. The summed E-state index contributed by atoms with van der Waals surface area (Å²) in [5.41, 5.74) is -0.963. The first-order valence-corrected chi connectivity index (χ1v) is 10.9. The van der Waals surface area contributed by atoms with Gasteiger partial charge in [-0.3, -0.25) is 9.36 Å². The van der Waals surface area contributed by atoms with Crippen LogP contribution < -0.4 is 11.2 Å². The van der Waals surface area contributed by atoms with Gasteiger partial charge in [0.25, 0.3) is 15.6 Å². The average Bonchev–Trinajstić information content (AvgIpc) is 3.45. The minimum absolute atomic E-state index is 0.0713. The summed E-state index contributed by atoms with van der Waals surface area (Å²) in [7, 11) is -1.59. The second kappa shape index (κ2) is 7.49. The molecule has 1 aliphatic rings. The van der Waals surface area contributed by atoms with E-state index in [0.717, 1.165) is 19.6 Å². The van der Waals surface area contributed by atoms with Crippen molar-refractivity contribution in [3.63, 3.8) is 0 Å². The summed E-state index contributed by atoms with van der Waals surface area (Å²) >= 11 is 6.15. The van der Waals surface area contributed by atoms with Crippen LogP contribution in [0, 0.1) is 0 Å². The lowest BCUT2D eigenvalue weighted by atomic mass is 10.2. The maximum Gasteiger partial charge on any atom is 0.330 e. The lowest BCUT2D eigenvalue weighted by molar-refractivity contribution is 0.350. The lowest BCUT2D eigenvalue weighted by Gasteiger charge is -2.20. The van der Waals surface area contributed by atoms with E-state index in [1.54, 1.807) is 24.3 Å². The van der Waals surface area contributed by atoms with Gasteiger partial charge < -0.3 is 8.98 Å². The van der Waals surface area contributed by atoms with Gasteiger partial charge in [-0.05, 0) is 25.0 Å². The van der Waals surface area contributed by atoms with E-state index < -0.39 is 26.2 Å². The number of rotatable bonds is 6. The van der Waals surface area contributed by atoms with Crippen molar-refractivity contribution in [2.24, 2.45) is 14.1 Å². The molecule has 0 unspecified atom stereocenters. The maximum atomic E-state index is 13.3. The molecule has 30 heavy (non-hydrogen) atoms. The molecule has 0 spiro atoms. The van der Waals surface area contributed by atoms with Gasteiger partial charge in [-0.15, -0.1) is 10.2 Å². The fraction of sp³-hybridized carbons (Fsp3) is 0.333. The molecule has 2 aromatic heterocycles. The normalized spacial score (nSPS) is 14.4. The highest BCUT2D eigenvalue weighted by Gasteiger charge is 2.41. The van der Waals surface area contributed by atoms with Gasteiger partial charge in [0.2, 0.25) is 11.8 Å². The van der Waals surface area contributed by atoms with Crippen LogP contribution in [0.1, 0.15) is 18.7 Å². The van der Waals surface area contributed by atoms with Gasteiger partial charge in [-0.25, -0.2) is 13.2 Å². The van der Waals surface area contributed by atoms with Gasteiger partial charge in [0.15, 0.2) is 4.90 Å². The Kier molecular flexibility index (Phi) is 5.12. The van der Waals surface area contributed by atoms with E-state index in [1.807, 2.05) is 0 Å². The second-order valence-electron chi connectivity index (χ2n) is 7.01. The Morgan fingerprint density at radius 2 is 1.90 bits per heavy atom. The summed E-state index contributed by atoms with van der Waals surface area (Å²) in [6.07, 6.45) is 2.34. The van der Waals surface area contributed by atoms with E-state index >= 15 is 0 Å². The molecule has 1 saturated carbocycles. The Balaban J connectivity index is 1.70. The second-order valence-corrected chi connectivity index (χ2v) is 9.28. The Bertz CT molecular complexity index is 1340. The monoisotopic (exact) mass is 451 g/mol. The first kappa shape index (κ1) is 20.5. The van der Waals surface area contributed by atoms with Crippen LogP contribution in [0.15, 0.2) is 49.4 Å². The Labute approximate surface area is 176 Å². The molecule has 12 heteroatoms. The third kappa shape index (κ3) is 3.59. The van der Waals surface area contributed by atoms with E-state index in [1.165, 1.54) is 14.1 Å². The van der Waals surface area contributed by atoms with Crippen molar-refractivity contribution in [3.8, 4) is 11.5 Å². The van der Waals surface area contributed by atoms with Crippen LogP contribution in [0.3, 0.4) is 0 Å². The molecule has 1 aromatic carbocycles. The first-order valence-electron chi connectivity index (χ1n) is 9.06. The zero-order valence-corrected chi connectivity index (χ0v) is 17.7. The van der Waals surface area contributed by atoms with Crippen LogP contribution in [0.5, 0.6) is 0 Å². The predicted octanol–water partition coefficient (Wildman–Crippen LogP) is 1.14. The zero-order chi connectivity index (χ0) is 21.6. The highest BCUT2D eigenvalue weighted by atomic mass is 35.5. The SMILES string of the molecule is Cn1cc(S(=O)(=O)N(Cc2nnc(-c3ccccc3Cl)o2)C2CC2)c(=O)n(C)c1=O. The van der Waals surface area contributed by atoms with Crippen molar-refractivity contribution in [3.05, 3.63) is 62.2 Å². The number of nitrogens with zero attached hydrogens (tertiary/aromatic N) is 5. The minimum atomic E-state index is -4.21. The van der Waals surface area contributed by atoms with Crippen molar-refractivity contribution in [1.82, 2.24) is 23.6 Å². The topological polar surface area (TPSA) is 120 Å². The summed E-state index contributed by atoms with van der Waals surface area (Å²) < 4.78 is 35.2. The number of benzene rings is 1. The van der Waals surface area contributed by atoms with Crippen LogP contribution >= 0.6 is 11.6 Å². The summed E-state index contributed by atoms with van der Waals surface area (Å²) in [6, 6.07) is 6.63. The van der Waals surface area contributed by atoms with Crippen LogP contribution in [-0.2, 0) is 30.7 Å². The standard InChI is InChI=1S/C18H18ClN5O5S/c1-22-9-14(17(25)23(2)18(22)26)30(27,28)24(11-7-8-11)10-15-20-21-16(29-15)12-5-3-4-6-13(12)19/h3-6,9,11H,7-8,10H2,1-2H3. The van der Waals surface area contributed by atoms with Crippen molar-refractivity contribution >= 4 is 21.6 Å². The van der Waals surface area contributed by atoms with Gasteiger partial charge in [-0.1, -0.05) is 23.7 Å². The minimum Gasteiger partial charge on any atom is -0.419 e. The molecule has 3 aromatic rings. The van der Waals surface area contributed by atoms with Gasteiger partial charge in [-0.2, -0.15) is 4.31 Å². The van der Waals surface area contributed by atoms with Crippen LogP contribution in [0.4, 0.5) is 0 Å². The van der Waals surface area contributed by atoms with E-state index in [-0.39, 0.29) is 24.4 Å². The molecule has 0 bridgehead atoms. The molecule has 1 aliphatic carbocycles. The van der Waals surface area contributed by atoms with E-state index in [0.29, 0.717) is 23.4 Å². The molecule has 0 aliphatic heterocycles. The summed E-state index contributed by atoms with van der Waals surface area (Å²) in [4.78, 5) is 23.9. The molecule has 1 fully saturated rings. The Morgan fingerprint density at radius 3 is 2.57 bits per heavy atom. The van der Waals surface area contributed by atoms with Crippen LogP contribution in [-0.4, -0.2) is 38.1 Å². The molecular weight excluding hydrogens is 434 g/mol. The predicted molar refractivity (Wildman–Crippen MR) is 107 cm³/mol. The lowest BCUT2D eigenvalue weighted by Crippen LogP contribution is -2.43. The van der Waals surface area contributed by atoms with Crippen molar-refractivity contribution in [2.45, 2.75) is 30.3 Å². The third-order valence-electron chi connectivity index (χ3n) is 4.82. The van der Waals surface area contributed by atoms with E-state index in [4.69, 9.17) is 16.0 Å². The van der Waals surface area contributed by atoms with E-state index in [2.05, 4.69) is 10.2 Å². The van der Waals surface area contributed by atoms with Gasteiger partial charge in [0.05, 0.1) is 17.1 Å². The molecule has 10 nitrogen and oxygen atoms in total. The summed E-state index contributed by atoms with van der Waals surface area (Å²) in [5, 5.41) is 8.33. The van der Waals surface area contributed by atoms with Crippen molar-refractivity contribution in [1.29, 1.82) is 0 Å². The molecule has 0 saturated heterocycles. The molecule has 158 valence electrons. The molecular formula is C18H18ClN5O5S. The van der Waals surface area contributed by atoms with Gasteiger partial charge >= 0.3 is 5.69 Å². The maximum absolute atomic E-state index is 13.3. The molecule has 0 amide bonds. The average molecular weight is 452 g/mol. The molecule has 0 atom stereocenters. The number of hydrogen-bond donors (Lipinski definition) is 0. The molecule has 0 radical (unpaired) electrons. The first-order chi connectivity index (χ1) is 14.2.